The summed E-state index contributed by atoms with van der Waals surface area (Å²) in [7, 11) is 0. The third-order valence-corrected chi connectivity index (χ3v) is 2.20. The van der Waals surface area contributed by atoms with Gasteiger partial charge in [0.1, 0.15) is 17.6 Å². The quantitative estimate of drug-likeness (QED) is 0.589. The summed E-state index contributed by atoms with van der Waals surface area (Å²) in [6.45, 7) is 1.83. The first-order chi connectivity index (χ1) is 8.88. The van der Waals surface area contributed by atoms with Crippen molar-refractivity contribution in [3.05, 3.63) is 23.7 Å². The zero-order valence-corrected chi connectivity index (χ0v) is 10.2. The molecule has 1 aromatic rings. The fraction of sp³-hybridized carbons (Fsp3) is 0.364. The Labute approximate surface area is 108 Å². The number of carboxylic acids is 2. The summed E-state index contributed by atoms with van der Waals surface area (Å²) in [4.78, 5) is 32.6. The van der Waals surface area contributed by atoms with E-state index < -0.39 is 30.4 Å². The largest absolute Gasteiger partial charge is 0.481 e. The third-order valence-electron chi connectivity index (χ3n) is 2.20. The summed E-state index contributed by atoms with van der Waals surface area (Å²) in [5.74, 6) is -1.52. The lowest BCUT2D eigenvalue weighted by atomic mass is 10.2. The number of carboxylic acid groups (broad SMARTS) is 2. The summed E-state index contributed by atoms with van der Waals surface area (Å²) in [5.41, 5.74) is 0. The molecule has 8 heteroatoms. The molecule has 0 radical (unpaired) electrons. The van der Waals surface area contributed by atoms with E-state index in [0.717, 1.165) is 0 Å². The van der Waals surface area contributed by atoms with Crippen molar-refractivity contribution in [2.24, 2.45) is 0 Å². The highest BCUT2D eigenvalue weighted by molar-refractivity contribution is 5.86. The number of hydrogen-bond acceptors (Lipinski definition) is 4. The molecule has 0 saturated heterocycles. The third kappa shape index (κ3) is 5.11. The molecular formula is C11H14N2O6. The second kappa shape index (κ2) is 6.43. The molecule has 104 valence electrons. The predicted molar refractivity (Wildman–Crippen MR) is 62.5 cm³/mol. The van der Waals surface area contributed by atoms with Gasteiger partial charge in [0, 0.05) is 0 Å². The van der Waals surface area contributed by atoms with E-state index in [1.54, 1.807) is 19.1 Å². The number of urea groups is 1. The first-order valence-corrected chi connectivity index (χ1v) is 5.42. The Morgan fingerprint density at radius 1 is 1.32 bits per heavy atom. The Morgan fingerprint density at radius 3 is 2.47 bits per heavy atom. The average Bonchev–Trinajstić information content (AvgIpc) is 2.71. The lowest BCUT2D eigenvalue weighted by Gasteiger charge is -2.12. The molecule has 0 spiro atoms. The number of carbonyl (C=O) groups excluding carboxylic acids is 1. The van der Waals surface area contributed by atoms with Crippen molar-refractivity contribution in [3.8, 4) is 0 Å². The molecule has 0 fully saturated rings. The maximum absolute atomic E-state index is 11.4. The topological polar surface area (TPSA) is 129 Å². The fourth-order valence-corrected chi connectivity index (χ4v) is 1.33. The smallest absolute Gasteiger partial charge is 0.326 e. The lowest BCUT2D eigenvalue weighted by molar-refractivity contribution is -0.145. The molecule has 0 aliphatic rings. The normalized spacial score (nSPS) is 11.6. The average molecular weight is 270 g/mol. The van der Waals surface area contributed by atoms with E-state index in [1.807, 2.05) is 0 Å². The van der Waals surface area contributed by atoms with E-state index in [2.05, 4.69) is 10.6 Å². The van der Waals surface area contributed by atoms with Crippen LogP contribution in [0.25, 0.3) is 0 Å². The molecule has 19 heavy (non-hydrogen) atoms. The van der Waals surface area contributed by atoms with E-state index >= 15 is 0 Å². The van der Waals surface area contributed by atoms with Gasteiger partial charge in [-0.3, -0.25) is 4.79 Å². The van der Waals surface area contributed by atoms with Gasteiger partial charge < -0.3 is 25.3 Å². The molecule has 1 unspecified atom stereocenters. The van der Waals surface area contributed by atoms with E-state index in [4.69, 9.17) is 14.6 Å². The lowest BCUT2D eigenvalue weighted by Crippen LogP contribution is -2.46. The first-order valence-electron chi connectivity index (χ1n) is 5.42. The molecule has 1 aromatic heterocycles. The van der Waals surface area contributed by atoms with Gasteiger partial charge in [0.25, 0.3) is 0 Å². The van der Waals surface area contributed by atoms with Crippen LogP contribution in [0, 0.1) is 6.92 Å². The van der Waals surface area contributed by atoms with Gasteiger partial charge >= 0.3 is 18.0 Å². The van der Waals surface area contributed by atoms with Crippen molar-refractivity contribution in [1.82, 2.24) is 10.6 Å². The van der Waals surface area contributed by atoms with Crippen LogP contribution in [0.3, 0.4) is 0 Å². The Kier molecular flexibility index (Phi) is 4.92. The number of amides is 2. The molecule has 1 atom stereocenters. The van der Waals surface area contributed by atoms with Gasteiger partial charge in [-0.05, 0) is 19.1 Å². The van der Waals surface area contributed by atoms with Crippen molar-refractivity contribution < 1.29 is 29.0 Å². The summed E-state index contributed by atoms with van der Waals surface area (Å²) < 4.78 is 5.20. The zero-order valence-electron chi connectivity index (χ0n) is 10.2. The predicted octanol–water partition coefficient (Wildman–Crippen LogP) is 0.315. The van der Waals surface area contributed by atoms with Crippen LogP contribution in [0.15, 0.2) is 16.5 Å². The molecule has 0 aliphatic heterocycles. The fourth-order valence-electron chi connectivity index (χ4n) is 1.33. The Morgan fingerprint density at radius 2 is 2.00 bits per heavy atom. The summed E-state index contributed by atoms with van der Waals surface area (Å²) in [6.07, 6.45) is -0.692. The molecule has 2 amide bonds. The molecule has 4 N–H and O–H groups in total. The molecule has 1 rings (SSSR count). The molecule has 0 aliphatic carbocycles. The molecular weight excluding hydrogens is 256 g/mol. The number of aryl methyl sites for hydroxylation is 1. The number of carbonyl (C=O) groups is 3. The van der Waals surface area contributed by atoms with Crippen LogP contribution in [-0.4, -0.2) is 34.2 Å². The van der Waals surface area contributed by atoms with Crippen LogP contribution in [0.5, 0.6) is 0 Å². The number of aliphatic carboxylic acids is 2. The van der Waals surface area contributed by atoms with Gasteiger partial charge in [-0.1, -0.05) is 0 Å². The van der Waals surface area contributed by atoms with E-state index in [1.165, 1.54) is 0 Å². The summed E-state index contributed by atoms with van der Waals surface area (Å²) in [6, 6.07) is 1.14. The highest BCUT2D eigenvalue weighted by Gasteiger charge is 2.22. The van der Waals surface area contributed by atoms with Crippen LogP contribution < -0.4 is 10.6 Å². The Balaban J connectivity index is 2.44. The minimum Gasteiger partial charge on any atom is -0.481 e. The van der Waals surface area contributed by atoms with Gasteiger partial charge in [-0.2, -0.15) is 0 Å². The van der Waals surface area contributed by atoms with Gasteiger partial charge in [0.05, 0.1) is 13.0 Å². The molecule has 0 aromatic carbocycles. The molecule has 0 saturated carbocycles. The monoisotopic (exact) mass is 270 g/mol. The second-order valence-corrected chi connectivity index (χ2v) is 3.83. The van der Waals surface area contributed by atoms with Crippen molar-refractivity contribution in [1.29, 1.82) is 0 Å². The molecule has 0 bridgehead atoms. The Hall–Kier alpha value is -2.51. The highest BCUT2D eigenvalue weighted by Crippen LogP contribution is 2.05. The maximum atomic E-state index is 11.4. The van der Waals surface area contributed by atoms with Crippen molar-refractivity contribution in [2.45, 2.75) is 25.9 Å². The van der Waals surface area contributed by atoms with Crippen LogP contribution in [0.4, 0.5) is 4.79 Å². The molecule has 1 heterocycles. The van der Waals surface area contributed by atoms with E-state index in [-0.39, 0.29) is 6.54 Å². The minimum atomic E-state index is -1.48. The van der Waals surface area contributed by atoms with Gasteiger partial charge in [0.2, 0.25) is 0 Å². The van der Waals surface area contributed by atoms with Crippen LogP contribution in [-0.2, 0) is 16.1 Å². The van der Waals surface area contributed by atoms with Crippen LogP contribution in [0.1, 0.15) is 17.9 Å². The number of nitrogens with one attached hydrogen (secondary N) is 2. The van der Waals surface area contributed by atoms with E-state index in [9.17, 15) is 14.4 Å². The van der Waals surface area contributed by atoms with Crippen molar-refractivity contribution in [3.63, 3.8) is 0 Å². The van der Waals surface area contributed by atoms with Crippen molar-refractivity contribution in [2.75, 3.05) is 0 Å². The summed E-state index contributed by atoms with van der Waals surface area (Å²) >= 11 is 0. The first kappa shape index (κ1) is 14.6. The standard InChI is InChI=1S/C11H14N2O6/c1-6-2-3-7(19-6)5-12-11(18)13-8(10(16)17)4-9(14)15/h2-3,8H,4-5H2,1H3,(H,14,15)(H,16,17)(H2,12,13,18). The number of hydrogen-bond donors (Lipinski definition) is 4. The van der Waals surface area contributed by atoms with Crippen LogP contribution in [0.2, 0.25) is 0 Å². The van der Waals surface area contributed by atoms with Crippen molar-refractivity contribution >= 4 is 18.0 Å². The van der Waals surface area contributed by atoms with Gasteiger partial charge in [-0.15, -0.1) is 0 Å². The van der Waals surface area contributed by atoms with Gasteiger partial charge in [0.15, 0.2) is 0 Å². The van der Waals surface area contributed by atoms with E-state index in [0.29, 0.717) is 11.5 Å². The second-order valence-electron chi connectivity index (χ2n) is 3.83. The highest BCUT2D eigenvalue weighted by atomic mass is 16.4. The minimum absolute atomic E-state index is 0.0824. The molecule has 8 nitrogen and oxygen atoms in total. The number of rotatable bonds is 6. The van der Waals surface area contributed by atoms with Gasteiger partial charge in [-0.25, -0.2) is 9.59 Å². The SMILES string of the molecule is Cc1ccc(CNC(=O)NC(CC(=O)O)C(=O)O)o1. The Bertz CT molecular complexity index is 481. The maximum Gasteiger partial charge on any atom is 0.326 e. The summed E-state index contributed by atoms with van der Waals surface area (Å²) in [5, 5.41) is 21.7. The van der Waals surface area contributed by atoms with Crippen LogP contribution >= 0.6 is 0 Å². The zero-order chi connectivity index (χ0) is 14.4. The number of furan rings is 1.